The van der Waals surface area contributed by atoms with Gasteiger partial charge in [-0.25, -0.2) is 4.39 Å². The van der Waals surface area contributed by atoms with Gasteiger partial charge < -0.3 is 10.2 Å². The number of piperazine rings is 1. The predicted octanol–water partition coefficient (Wildman–Crippen LogP) is 4.00. The number of aryl methyl sites for hydroxylation is 1. The van der Waals surface area contributed by atoms with E-state index in [2.05, 4.69) is 10.2 Å². The lowest BCUT2D eigenvalue weighted by Crippen LogP contribution is -2.56. The van der Waals surface area contributed by atoms with Crippen molar-refractivity contribution in [1.82, 2.24) is 9.80 Å². The van der Waals surface area contributed by atoms with E-state index in [1.54, 1.807) is 24.0 Å². The summed E-state index contributed by atoms with van der Waals surface area (Å²) in [5.74, 6) is -0.433. The summed E-state index contributed by atoms with van der Waals surface area (Å²) in [6.07, 6.45) is 4.13. The standard InChI is InChI=1S/C25H29FN4O4/c1-17-6-9-20(16-22(17)26)27-24(31)23(18-4-2-3-5-18)28-12-14-29(15-13-28)25(32)19-7-10-21(11-8-19)30(33)34/h6-11,16,18,23H,2-5,12-15H2,1H3,(H,27,31). The molecular formula is C25H29FN4O4. The highest BCUT2D eigenvalue weighted by Crippen LogP contribution is 2.32. The SMILES string of the molecule is Cc1ccc(NC(=O)C(C2CCCC2)N2CCN(C(=O)c3ccc([N+](=O)[O-])cc3)CC2)cc1F. The minimum Gasteiger partial charge on any atom is -0.336 e. The third-order valence-corrected chi connectivity index (χ3v) is 6.87. The molecule has 34 heavy (non-hydrogen) atoms. The number of carbonyl (C=O) groups excluding carboxylic acids is 2. The van der Waals surface area contributed by atoms with Crippen LogP contribution in [-0.4, -0.2) is 58.8 Å². The van der Waals surface area contributed by atoms with Crippen LogP contribution < -0.4 is 5.32 Å². The van der Waals surface area contributed by atoms with Crippen LogP contribution in [0.5, 0.6) is 0 Å². The average molecular weight is 469 g/mol. The molecule has 4 rings (SSSR count). The van der Waals surface area contributed by atoms with Crippen LogP contribution in [0.3, 0.4) is 0 Å². The Kier molecular flexibility index (Phi) is 7.21. The topological polar surface area (TPSA) is 95.8 Å². The number of nitro benzene ring substituents is 1. The summed E-state index contributed by atoms with van der Waals surface area (Å²) in [5.41, 5.74) is 1.33. The van der Waals surface area contributed by atoms with Gasteiger partial charge in [0.05, 0.1) is 11.0 Å². The molecule has 1 atom stereocenters. The van der Waals surface area contributed by atoms with Crippen molar-refractivity contribution >= 4 is 23.2 Å². The van der Waals surface area contributed by atoms with Crippen molar-refractivity contribution in [2.24, 2.45) is 5.92 Å². The molecule has 180 valence electrons. The first-order chi connectivity index (χ1) is 16.3. The Morgan fingerprint density at radius 1 is 1.06 bits per heavy atom. The van der Waals surface area contributed by atoms with Crippen LogP contribution >= 0.6 is 0 Å². The average Bonchev–Trinajstić information content (AvgIpc) is 3.36. The molecule has 2 amide bonds. The fourth-order valence-electron chi connectivity index (χ4n) is 4.95. The van der Waals surface area contributed by atoms with Gasteiger partial charge in [-0.1, -0.05) is 18.9 Å². The zero-order valence-corrected chi connectivity index (χ0v) is 19.2. The van der Waals surface area contributed by atoms with Gasteiger partial charge in [0.25, 0.3) is 11.6 Å². The van der Waals surface area contributed by atoms with E-state index < -0.39 is 4.92 Å². The number of hydrogen-bond acceptors (Lipinski definition) is 5. The normalized spacial score (nSPS) is 18.0. The Bertz CT molecular complexity index is 1060. The number of rotatable bonds is 6. The molecule has 0 bridgehead atoms. The molecule has 0 spiro atoms. The summed E-state index contributed by atoms with van der Waals surface area (Å²) in [6.45, 7) is 3.71. The number of nitrogens with one attached hydrogen (secondary N) is 1. The molecular weight excluding hydrogens is 439 g/mol. The molecule has 8 nitrogen and oxygen atoms in total. The number of hydrogen-bond donors (Lipinski definition) is 1. The van der Waals surface area contributed by atoms with Crippen molar-refractivity contribution < 1.29 is 18.9 Å². The van der Waals surface area contributed by atoms with E-state index in [0.717, 1.165) is 25.7 Å². The number of nitro groups is 1. The molecule has 2 aliphatic rings. The van der Waals surface area contributed by atoms with Gasteiger partial charge in [-0.3, -0.25) is 24.6 Å². The molecule has 0 radical (unpaired) electrons. The lowest BCUT2D eigenvalue weighted by molar-refractivity contribution is -0.384. The second kappa shape index (κ2) is 10.3. The van der Waals surface area contributed by atoms with Crippen LogP contribution in [0, 0.1) is 28.8 Å². The molecule has 9 heteroatoms. The summed E-state index contributed by atoms with van der Waals surface area (Å²) in [7, 11) is 0. The minimum atomic E-state index is -0.494. The summed E-state index contributed by atoms with van der Waals surface area (Å²) >= 11 is 0. The molecule has 1 saturated carbocycles. The molecule has 1 heterocycles. The number of amides is 2. The van der Waals surface area contributed by atoms with Crippen molar-refractivity contribution in [3.8, 4) is 0 Å². The second-order valence-corrected chi connectivity index (χ2v) is 9.07. The summed E-state index contributed by atoms with van der Waals surface area (Å²) in [5, 5.41) is 13.8. The fraction of sp³-hybridized carbons (Fsp3) is 0.440. The van der Waals surface area contributed by atoms with Gasteiger partial charge in [-0.15, -0.1) is 0 Å². The largest absolute Gasteiger partial charge is 0.336 e. The number of benzene rings is 2. The number of anilines is 1. The first-order valence-electron chi connectivity index (χ1n) is 11.7. The number of non-ortho nitro benzene ring substituents is 1. The van der Waals surface area contributed by atoms with E-state index in [1.165, 1.54) is 30.3 Å². The Labute approximate surface area is 197 Å². The van der Waals surface area contributed by atoms with Crippen molar-refractivity contribution in [3.63, 3.8) is 0 Å². The van der Waals surface area contributed by atoms with Crippen molar-refractivity contribution in [3.05, 3.63) is 69.5 Å². The Hall–Kier alpha value is -3.33. The molecule has 2 aromatic rings. The molecule has 2 aromatic carbocycles. The van der Waals surface area contributed by atoms with Crippen LogP contribution in [0.1, 0.15) is 41.6 Å². The maximum Gasteiger partial charge on any atom is 0.269 e. The van der Waals surface area contributed by atoms with E-state index in [4.69, 9.17) is 0 Å². The molecule has 1 N–H and O–H groups in total. The van der Waals surface area contributed by atoms with E-state index in [1.807, 2.05) is 0 Å². The molecule has 1 unspecified atom stereocenters. The predicted molar refractivity (Wildman–Crippen MR) is 126 cm³/mol. The molecule has 1 aliphatic heterocycles. The van der Waals surface area contributed by atoms with Gasteiger partial charge in [0.15, 0.2) is 0 Å². The highest BCUT2D eigenvalue weighted by molar-refractivity contribution is 5.96. The van der Waals surface area contributed by atoms with Gasteiger partial charge >= 0.3 is 0 Å². The van der Waals surface area contributed by atoms with Crippen molar-refractivity contribution in [1.29, 1.82) is 0 Å². The molecule has 1 aliphatic carbocycles. The van der Waals surface area contributed by atoms with Crippen LogP contribution in [0.25, 0.3) is 0 Å². The van der Waals surface area contributed by atoms with Crippen molar-refractivity contribution in [2.75, 3.05) is 31.5 Å². The lowest BCUT2D eigenvalue weighted by Gasteiger charge is -2.40. The summed E-state index contributed by atoms with van der Waals surface area (Å²) < 4.78 is 14.0. The monoisotopic (exact) mass is 468 g/mol. The second-order valence-electron chi connectivity index (χ2n) is 9.07. The smallest absolute Gasteiger partial charge is 0.269 e. The van der Waals surface area contributed by atoms with Crippen molar-refractivity contribution in [2.45, 2.75) is 38.6 Å². The first kappa shape index (κ1) is 23.8. The first-order valence-corrected chi connectivity index (χ1v) is 11.7. The Morgan fingerprint density at radius 3 is 2.29 bits per heavy atom. The van der Waals surface area contributed by atoms with Crippen LogP contribution in [0.15, 0.2) is 42.5 Å². The van der Waals surface area contributed by atoms with Gasteiger partial charge in [0.2, 0.25) is 5.91 Å². The summed E-state index contributed by atoms with van der Waals surface area (Å²) in [4.78, 5) is 40.4. The minimum absolute atomic E-state index is 0.0553. The maximum atomic E-state index is 14.0. The zero-order valence-electron chi connectivity index (χ0n) is 19.2. The zero-order chi connectivity index (χ0) is 24.2. The van der Waals surface area contributed by atoms with E-state index in [-0.39, 0.29) is 35.3 Å². The number of halogens is 1. The van der Waals surface area contributed by atoms with Gasteiger partial charge in [-0.05, 0) is 55.5 Å². The van der Waals surface area contributed by atoms with E-state index >= 15 is 0 Å². The van der Waals surface area contributed by atoms with E-state index in [9.17, 15) is 24.1 Å². The maximum absolute atomic E-state index is 14.0. The third kappa shape index (κ3) is 5.25. The van der Waals surface area contributed by atoms with Crippen LogP contribution in [-0.2, 0) is 4.79 Å². The lowest BCUT2D eigenvalue weighted by atomic mass is 9.94. The fourth-order valence-corrected chi connectivity index (χ4v) is 4.95. The Morgan fingerprint density at radius 2 is 1.71 bits per heavy atom. The quantitative estimate of drug-likeness (QED) is 0.511. The number of nitrogens with zero attached hydrogens (tertiary/aromatic N) is 3. The highest BCUT2D eigenvalue weighted by Gasteiger charge is 2.37. The molecule has 1 saturated heterocycles. The van der Waals surface area contributed by atoms with Gasteiger partial charge in [-0.2, -0.15) is 0 Å². The van der Waals surface area contributed by atoms with Crippen LogP contribution in [0.4, 0.5) is 15.8 Å². The summed E-state index contributed by atoms with van der Waals surface area (Å²) in [6, 6.07) is 9.99. The Balaban J connectivity index is 1.42. The molecule has 2 fully saturated rings. The van der Waals surface area contributed by atoms with Gasteiger partial charge in [0.1, 0.15) is 5.82 Å². The van der Waals surface area contributed by atoms with E-state index in [0.29, 0.717) is 43.0 Å². The number of carbonyl (C=O) groups is 2. The third-order valence-electron chi connectivity index (χ3n) is 6.87. The van der Waals surface area contributed by atoms with Gasteiger partial charge in [0, 0.05) is 49.6 Å². The highest BCUT2D eigenvalue weighted by atomic mass is 19.1. The van der Waals surface area contributed by atoms with Crippen LogP contribution in [0.2, 0.25) is 0 Å². The molecule has 0 aromatic heterocycles.